The van der Waals surface area contributed by atoms with Gasteiger partial charge in [-0.3, -0.25) is 4.98 Å². The van der Waals surface area contributed by atoms with Gasteiger partial charge in [-0.1, -0.05) is 6.07 Å². The fraction of sp³-hybridized carbons (Fsp3) is 0.250. The fourth-order valence-electron chi connectivity index (χ4n) is 2.87. The van der Waals surface area contributed by atoms with Crippen LogP contribution in [0.4, 0.5) is 16.0 Å². The first kappa shape index (κ1) is 13.8. The molecular weight excluding hydrogens is 295 g/mol. The Labute approximate surface area is 132 Å². The van der Waals surface area contributed by atoms with Crippen LogP contribution in [0.15, 0.2) is 43.0 Å². The summed E-state index contributed by atoms with van der Waals surface area (Å²) in [6.45, 7) is 3.14. The normalized spacial score (nSPS) is 15.2. The summed E-state index contributed by atoms with van der Waals surface area (Å²) in [6.07, 6.45) is 5.06. The van der Waals surface area contributed by atoms with Crippen LogP contribution in [0, 0.1) is 5.95 Å². The van der Waals surface area contributed by atoms with Gasteiger partial charge >= 0.3 is 0 Å². The van der Waals surface area contributed by atoms with Crippen LogP contribution in [0.2, 0.25) is 0 Å². The summed E-state index contributed by atoms with van der Waals surface area (Å²) >= 11 is 0. The zero-order valence-electron chi connectivity index (χ0n) is 12.4. The number of aromatic nitrogens is 4. The van der Waals surface area contributed by atoms with Crippen LogP contribution in [-0.4, -0.2) is 46.1 Å². The summed E-state index contributed by atoms with van der Waals surface area (Å²) in [7, 11) is 0. The van der Waals surface area contributed by atoms with Crippen molar-refractivity contribution in [3.8, 4) is 0 Å². The molecule has 0 bridgehead atoms. The summed E-state index contributed by atoms with van der Waals surface area (Å²) in [5, 5.41) is 1.000. The van der Waals surface area contributed by atoms with E-state index >= 15 is 0 Å². The van der Waals surface area contributed by atoms with Crippen LogP contribution in [0.1, 0.15) is 0 Å². The van der Waals surface area contributed by atoms with Gasteiger partial charge in [-0.15, -0.1) is 0 Å². The molecule has 0 saturated carbocycles. The fourth-order valence-corrected chi connectivity index (χ4v) is 2.87. The zero-order chi connectivity index (χ0) is 15.6. The number of anilines is 2. The lowest BCUT2D eigenvalue weighted by molar-refractivity contribution is 0.574. The molecule has 23 heavy (non-hydrogen) atoms. The number of piperazine rings is 1. The van der Waals surface area contributed by atoms with Crippen LogP contribution < -0.4 is 9.80 Å². The van der Waals surface area contributed by atoms with Gasteiger partial charge in [0.05, 0.1) is 11.7 Å². The zero-order valence-corrected chi connectivity index (χ0v) is 12.4. The molecule has 1 aliphatic rings. The third-order valence-electron chi connectivity index (χ3n) is 4.02. The molecule has 1 saturated heterocycles. The van der Waals surface area contributed by atoms with Crippen LogP contribution in [0.25, 0.3) is 10.9 Å². The van der Waals surface area contributed by atoms with E-state index in [-0.39, 0.29) is 0 Å². The predicted molar refractivity (Wildman–Crippen MR) is 86.0 cm³/mol. The van der Waals surface area contributed by atoms with Crippen LogP contribution in [0.5, 0.6) is 0 Å². The second kappa shape index (κ2) is 5.75. The number of nitrogens with zero attached hydrogens (tertiary/aromatic N) is 6. The van der Waals surface area contributed by atoms with Gasteiger partial charge in [-0.2, -0.15) is 4.39 Å². The van der Waals surface area contributed by atoms with E-state index < -0.39 is 5.95 Å². The van der Waals surface area contributed by atoms with Gasteiger partial charge in [0.25, 0.3) is 0 Å². The van der Waals surface area contributed by atoms with E-state index in [0.29, 0.717) is 5.82 Å². The highest BCUT2D eigenvalue weighted by atomic mass is 19.1. The van der Waals surface area contributed by atoms with Gasteiger partial charge < -0.3 is 9.80 Å². The third-order valence-corrected chi connectivity index (χ3v) is 4.02. The minimum atomic E-state index is -0.445. The SMILES string of the molecule is Fc1cccc(N2CCN(c3ncnc4cnccc34)CC2)n1. The van der Waals surface area contributed by atoms with Gasteiger partial charge in [0.2, 0.25) is 5.95 Å². The quantitative estimate of drug-likeness (QED) is 0.674. The summed E-state index contributed by atoms with van der Waals surface area (Å²) in [6, 6.07) is 6.82. The van der Waals surface area contributed by atoms with Gasteiger partial charge in [-0.05, 0) is 18.2 Å². The molecule has 0 aromatic carbocycles. The third kappa shape index (κ3) is 2.65. The molecule has 4 heterocycles. The Balaban J connectivity index is 1.55. The van der Waals surface area contributed by atoms with Gasteiger partial charge in [0.1, 0.15) is 18.0 Å². The van der Waals surface area contributed by atoms with E-state index in [1.807, 2.05) is 12.1 Å². The molecular formula is C16H15FN6. The molecule has 6 nitrogen and oxygen atoms in total. The highest BCUT2D eigenvalue weighted by Crippen LogP contribution is 2.24. The second-order valence-electron chi connectivity index (χ2n) is 5.38. The largest absolute Gasteiger partial charge is 0.353 e. The monoisotopic (exact) mass is 310 g/mol. The first-order valence-corrected chi connectivity index (χ1v) is 7.48. The first-order chi connectivity index (χ1) is 11.3. The highest BCUT2D eigenvalue weighted by molar-refractivity contribution is 5.88. The van der Waals surface area contributed by atoms with E-state index in [1.165, 1.54) is 6.07 Å². The molecule has 3 aromatic rings. The number of pyridine rings is 2. The number of hydrogen-bond acceptors (Lipinski definition) is 6. The van der Waals surface area contributed by atoms with E-state index in [2.05, 4.69) is 29.7 Å². The molecule has 0 unspecified atom stereocenters. The van der Waals surface area contributed by atoms with E-state index in [4.69, 9.17) is 0 Å². The molecule has 0 N–H and O–H groups in total. The van der Waals surface area contributed by atoms with Gasteiger partial charge in [-0.25, -0.2) is 15.0 Å². The van der Waals surface area contributed by atoms with Gasteiger partial charge in [0, 0.05) is 37.8 Å². The van der Waals surface area contributed by atoms with E-state index in [9.17, 15) is 4.39 Å². The van der Waals surface area contributed by atoms with Crippen molar-refractivity contribution in [1.82, 2.24) is 19.9 Å². The molecule has 3 aromatic heterocycles. The van der Waals surface area contributed by atoms with Crippen molar-refractivity contribution in [2.75, 3.05) is 36.0 Å². The molecule has 0 radical (unpaired) electrons. The lowest BCUT2D eigenvalue weighted by atomic mass is 10.2. The van der Waals surface area contributed by atoms with Crippen molar-refractivity contribution < 1.29 is 4.39 Å². The average molecular weight is 310 g/mol. The lowest BCUT2D eigenvalue weighted by Crippen LogP contribution is -2.47. The van der Waals surface area contributed by atoms with E-state index in [0.717, 1.165) is 42.9 Å². The molecule has 0 amide bonds. The van der Waals surface area contributed by atoms with Crippen molar-refractivity contribution in [3.63, 3.8) is 0 Å². The number of hydrogen-bond donors (Lipinski definition) is 0. The first-order valence-electron chi connectivity index (χ1n) is 7.48. The van der Waals surface area contributed by atoms with Crippen LogP contribution in [-0.2, 0) is 0 Å². The number of rotatable bonds is 2. The number of fused-ring (bicyclic) bond motifs is 1. The standard InChI is InChI=1S/C16H15FN6/c17-14-2-1-3-15(21-14)22-6-8-23(9-7-22)16-12-4-5-18-10-13(12)19-11-20-16/h1-5,10-11H,6-9H2. The van der Waals surface area contributed by atoms with Crippen LogP contribution >= 0.6 is 0 Å². The van der Waals surface area contributed by atoms with Crippen molar-refractivity contribution in [2.45, 2.75) is 0 Å². The predicted octanol–water partition coefficient (Wildman–Crippen LogP) is 1.89. The van der Waals surface area contributed by atoms with Crippen molar-refractivity contribution in [1.29, 1.82) is 0 Å². The Bertz CT molecular complexity index is 826. The van der Waals surface area contributed by atoms with Crippen LogP contribution in [0.3, 0.4) is 0 Å². The summed E-state index contributed by atoms with van der Waals surface area (Å²) in [4.78, 5) is 21.0. The Morgan fingerprint density at radius 3 is 2.61 bits per heavy atom. The molecule has 0 aliphatic carbocycles. The summed E-state index contributed by atoms with van der Waals surface area (Å²) < 4.78 is 13.3. The average Bonchev–Trinajstić information content (AvgIpc) is 2.61. The minimum absolute atomic E-state index is 0.445. The smallest absolute Gasteiger partial charge is 0.214 e. The molecule has 1 fully saturated rings. The Morgan fingerprint density at radius 1 is 0.957 bits per heavy atom. The molecule has 7 heteroatoms. The lowest BCUT2D eigenvalue weighted by Gasteiger charge is -2.36. The Hall–Kier alpha value is -2.83. The van der Waals surface area contributed by atoms with Crippen molar-refractivity contribution in [3.05, 3.63) is 48.9 Å². The minimum Gasteiger partial charge on any atom is -0.353 e. The van der Waals surface area contributed by atoms with E-state index in [1.54, 1.807) is 24.8 Å². The van der Waals surface area contributed by atoms with Gasteiger partial charge in [0.15, 0.2) is 0 Å². The molecule has 0 spiro atoms. The molecule has 116 valence electrons. The Kier molecular flexibility index (Phi) is 3.45. The summed E-state index contributed by atoms with van der Waals surface area (Å²) in [5.41, 5.74) is 0.840. The maximum atomic E-state index is 13.3. The van der Waals surface area contributed by atoms with Crippen molar-refractivity contribution in [2.24, 2.45) is 0 Å². The molecule has 1 aliphatic heterocycles. The Morgan fingerprint density at radius 2 is 1.78 bits per heavy atom. The maximum absolute atomic E-state index is 13.3. The number of halogens is 1. The topological polar surface area (TPSA) is 58.0 Å². The summed E-state index contributed by atoms with van der Waals surface area (Å²) in [5.74, 6) is 1.16. The second-order valence-corrected chi connectivity index (χ2v) is 5.38. The van der Waals surface area contributed by atoms with Crippen molar-refractivity contribution >= 4 is 22.5 Å². The molecule has 0 atom stereocenters. The maximum Gasteiger partial charge on any atom is 0.214 e. The molecule has 4 rings (SSSR count). The highest BCUT2D eigenvalue weighted by Gasteiger charge is 2.20.